The van der Waals surface area contributed by atoms with E-state index in [1.807, 2.05) is 12.3 Å². The van der Waals surface area contributed by atoms with E-state index >= 15 is 0 Å². The van der Waals surface area contributed by atoms with E-state index in [1.54, 1.807) is 0 Å². The molecule has 4 rings (SSSR count). The third-order valence-corrected chi connectivity index (χ3v) is 5.18. The van der Waals surface area contributed by atoms with E-state index in [9.17, 15) is 0 Å². The number of nitrogens with zero attached hydrogens (tertiary/aromatic N) is 5. The van der Waals surface area contributed by atoms with Gasteiger partial charge in [-0.25, -0.2) is 0 Å². The number of hydrogen-bond acceptors (Lipinski definition) is 4. The van der Waals surface area contributed by atoms with Crippen LogP contribution in [0.4, 0.5) is 0 Å². The molecule has 23 heavy (non-hydrogen) atoms. The van der Waals surface area contributed by atoms with Gasteiger partial charge in [0.2, 0.25) is 0 Å². The molecule has 0 aromatic carbocycles. The summed E-state index contributed by atoms with van der Waals surface area (Å²) in [5.74, 6) is 2.41. The second-order valence-electron chi connectivity index (χ2n) is 6.70. The van der Waals surface area contributed by atoms with Crippen molar-refractivity contribution in [1.29, 1.82) is 0 Å². The maximum absolute atomic E-state index is 4.58. The molecule has 0 N–H and O–H groups in total. The molecule has 0 amide bonds. The second kappa shape index (κ2) is 6.79. The van der Waals surface area contributed by atoms with Crippen molar-refractivity contribution in [3.63, 3.8) is 0 Å². The SMILES string of the molecule is c1ccc(CCN2CCCC2c2nnc3n2CCCCC3)nc1. The van der Waals surface area contributed by atoms with Crippen LogP contribution in [-0.2, 0) is 19.4 Å². The lowest BCUT2D eigenvalue weighted by atomic mass is 10.2. The summed E-state index contributed by atoms with van der Waals surface area (Å²) in [6, 6.07) is 6.61. The molecule has 4 heterocycles. The largest absolute Gasteiger partial charge is 0.314 e. The lowest BCUT2D eigenvalue weighted by molar-refractivity contribution is 0.245. The molecule has 5 heteroatoms. The smallest absolute Gasteiger partial charge is 0.150 e. The first-order chi connectivity index (χ1) is 11.4. The highest BCUT2D eigenvalue weighted by molar-refractivity contribution is 5.07. The molecule has 5 nitrogen and oxygen atoms in total. The normalized spacial score (nSPS) is 22.0. The molecule has 2 aliphatic rings. The predicted molar refractivity (Wildman–Crippen MR) is 89.1 cm³/mol. The summed E-state index contributed by atoms with van der Waals surface area (Å²) in [7, 11) is 0. The van der Waals surface area contributed by atoms with Crippen molar-refractivity contribution in [3.05, 3.63) is 41.7 Å². The maximum atomic E-state index is 4.58. The average molecular weight is 311 g/mol. The zero-order chi connectivity index (χ0) is 15.5. The molecule has 1 saturated heterocycles. The Hall–Kier alpha value is -1.75. The van der Waals surface area contributed by atoms with E-state index in [2.05, 4.69) is 36.8 Å². The van der Waals surface area contributed by atoms with Crippen LogP contribution in [0.1, 0.15) is 55.5 Å². The summed E-state index contributed by atoms with van der Waals surface area (Å²) in [5.41, 5.74) is 1.18. The van der Waals surface area contributed by atoms with Crippen molar-refractivity contribution in [2.75, 3.05) is 13.1 Å². The number of likely N-dealkylation sites (tertiary alicyclic amines) is 1. The van der Waals surface area contributed by atoms with Crippen LogP contribution in [0.3, 0.4) is 0 Å². The van der Waals surface area contributed by atoms with Crippen LogP contribution in [0.15, 0.2) is 24.4 Å². The topological polar surface area (TPSA) is 46.8 Å². The zero-order valence-electron chi connectivity index (χ0n) is 13.7. The fourth-order valence-electron chi connectivity index (χ4n) is 3.94. The molecule has 1 fully saturated rings. The Morgan fingerprint density at radius 2 is 2.04 bits per heavy atom. The van der Waals surface area contributed by atoms with Gasteiger partial charge in [-0.15, -0.1) is 10.2 Å². The molecule has 1 unspecified atom stereocenters. The van der Waals surface area contributed by atoms with E-state index < -0.39 is 0 Å². The van der Waals surface area contributed by atoms with Crippen LogP contribution in [0.5, 0.6) is 0 Å². The zero-order valence-corrected chi connectivity index (χ0v) is 13.7. The highest BCUT2D eigenvalue weighted by Crippen LogP contribution is 2.32. The summed E-state index contributed by atoms with van der Waals surface area (Å²) in [4.78, 5) is 7.03. The highest BCUT2D eigenvalue weighted by atomic mass is 15.3. The maximum Gasteiger partial charge on any atom is 0.150 e. The van der Waals surface area contributed by atoms with Crippen molar-refractivity contribution in [2.24, 2.45) is 0 Å². The second-order valence-corrected chi connectivity index (χ2v) is 6.70. The first-order valence-corrected chi connectivity index (χ1v) is 8.98. The Kier molecular flexibility index (Phi) is 4.37. The van der Waals surface area contributed by atoms with E-state index in [0.717, 1.165) is 25.9 Å². The van der Waals surface area contributed by atoms with Gasteiger partial charge in [0, 0.05) is 37.8 Å². The third kappa shape index (κ3) is 3.15. The van der Waals surface area contributed by atoms with Crippen molar-refractivity contribution in [2.45, 2.75) is 57.5 Å². The molecular weight excluding hydrogens is 286 g/mol. The van der Waals surface area contributed by atoms with Gasteiger partial charge in [0.1, 0.15) is 11.6 Å². The fraction of sp³-hybridized carbons (Fsp3) is 0.611. The molecule has 0 spiro atoms. The average Bonchev–Trinajstić information content (AvgIpc) is 3.14. The number of hydrogen-bond donors (Lipinski definition) is 0. The van der Waals surface area contributed by atoms with Gasteiger partial charge in [-0.1, -0.05) is 12.5 Å². The Morgan fingerprint density at radius 1 is 1.04 bits per heavy atom. The molecule has 2 aromatic rings. The van der Waals surface area contributed by atoms with E-state index in [1.165, 1.54) is 56.0 Å². The summed E-state index contributed by atoms with van der Waals surface area (Å²) in [5, 5.41) is 9.07. The van der Waals surface area contributed by atoms with E-state index in [-0.39, 0.29) is 0 Å². The summed E-state index contributed by atoms with van der Waals surface area (Å²) < 4.78 is 2.41. The molecule has 122 valence electrons. The van der Waals surface area contributed by atoms with Gasteiger partial charge in [0.15, 0.2) is 0 Å². The van der Waals surface area contributed by atoms with Crippen molar-refractivity contribution < 1.29 is 0 Å². The number of aryl methyl sites for hydroxylation is 1. The number of aromatic nitrogens is 4. The minimum atomic E-state index is 0.443. The number of fused-ring (bicyclic) bond motifs is 1. The molecule has 0 saturated carbocycles. The third-order valence-electron chi connectivity index (χ3n) is 5.18. The Balaban J connectivity index is 1.48. The fourth-order valence-corrected chi connectivity index (χ4v) is 3.94. The van der Waals surface area contributed by atoms with Gasteiger partial charge in [-0.2, -0.15) is 0 Å². The molecule has 1 atom stereocenters. The lowest BCUT2D eigenvalue weighted by Gasteiger charge is -2.24. The van der Waals surface area contributed by atoms with Crippen molar-refractivity contribution in [1.82, 2.24) is 24.6 Å². The van der Waals surface area contributed by atoms with Crippen LogP contribution in [0.2, 0.25) is 0 Å². The molecule has 2 aliphatic heterocycles. The van der Waals surface area contributed by atoms with Crippen LogP contribution >= 0.6 is 0 Å². The van der Waals surface area contributed by atoms with Crippen LogP contribution in [0, 0.1) is 0 Å². The Bertz CT molecular complexity index is 636. The Labute approximate surface area is 137 Å². The van der Waals surface area contributed by atoms with Crippen LogP contribution < -0.4 is 0 Å². The minimum absolute atomic E-state index is 0.443. The molecular formula is C18H25N5. The molecule has 2 aromatic heterocycles. The summed E-state index contributed by atoms with van der Waals surface area (Å²) in [6.07, 6.45) is 10.3. The van der Waals surface area contributed by atoms with Gasteiger partial charge < -0.3 is 4.57 Å². The highest BCUT2D eigenvalue weighted by Gasteiger charge is 2.31. The van der Waals surface area contributed by atoms with Gasteiger partial charge >= 0.3 is 0 Å². The lowest BCUT2D eigenvalue weighted by Crippen LogP contribution is -2.28. The first-order valence-electron chi connectivity index (χ1n) is 8.98. The van der Waals surface area contributed by atoms with Crippen molar-refractivity contribution >= 4 is 0 Å². The van der Waals surface area contributed by atoms with Gasteiger partial charge in [0.05, 0.1) is 6.04 Å². The van der Waals surface area contributed by atoms with Gasteiger partial charge in [-0.3, -0.25) is 9.88 Å². The quantitative estimate of drug-likeness (QED) is 0.871. The number of pyridine rings is 1. The summed E-state index contributed by atoms with van der Waals surface area (Å²) in [6.45, 7) is 3.33. The first kappa shape index (κ1) is 14.8. The number of rotatable bonds is 4. The van der Waals surface area contributed by atoms with Gasteiger partial charge in [0.25, 0.3) is 0 Å². The minimum Gasteiger partial charge on any atom is -0.314 e. The van der Waals surface area contributed by atoms with Crippen molar-refractivity contribution in [3.8, 4) is 0 Å². The Morgan fingerprint density at radius 3 is 2.96 bits per heavy atom. The summed E-state index contributed by atoms with van der Waals surface area (Å²) >= 11 is 0. The van der Waals surface area contributed by atoms with E-state index in [0.29, 0.717) is 6.04 Å². The monoisotopic (exact) mass is 311 g/mol. The van der Waals surface area contributed by atoms with Gasteiger partial charge in [-0.05, 0) is 44.4 Å². The van der Waals surface area contributed by atoms with E-state index in [4.69, 9.17) is 0 Å². The van der Waals surface area contributed by atoms with Crippen LogP contribution in [0.25, 0.3) is 0 Å². The molecule has 0 radical (unpaired) electrons. The standard InChI is InChI=1S/C18H25N5/c1-2-9-17-20-21-18(23(17)13-5-1)16-8-6-12-22(16)14-10-15-7-3-4-11-19-15/h3-4,7,11,16H,1-2,5-6,8-10,12-14H2. The van der Waals surface area contributed by atoms with Crippen LogP contribution in [-0.4, -0.2) is 37.7 Å². The molecule has 0 aliphatic carbocycles. The molecule has 0 bridgehead atoms. The predicted octanol–water partition coefficient (Wildman–Crippen LogP) is 2.78.